The van der Waals surface area contributed by atoms with Gasteiger partial charge in [0, 0.05) is 22.9 Å². The molecular formula is C16H11ClN4O6S. The highest BCUT2D eigenvalue weighted by molar-refractivity contribution is 7.90. The quantitative estimate of drug-likeness (QED) is 0.487. The number of aromatic nitrogens is 2. The third-order valence-corrected chi connectivity index (χ3v) is 4.94. The summed E-state index contributed by atoms with van der Waals surface area (Å²) in [5.41, 5.74) is -0.276. The molecule has 3 aromatic rings. The molecule has 2 aromatic carbocycles. The van der Waals surface area contributed by atoms with E-state index < -0.39 is 26.4 Å². The van der Waals surface area contributed by atoms with Crippen molar-refractivity contribution in [3.8, 4) is 11.5 Å². The highest BCUT2D eigenvalue weighted by atomic mass is 35.5. The van der Waals surface area contributed by atoms with E-state index in [4.69, 9.17) is 16.0 Å². The second kappa shape index (κ2) is 7.37. The number of halogens is 1. The summed E-state index contributed by atoms with van der Waals surface area (Å²) in [6, 6.07) is 8.96. The largest absolute Gasteiger partial charge is 0.403 e. The monoisotopic (exact) mass is 422 g/mol. The molecule has 0 bridgehead atoms. The van der Waals surface area contributed by atoms with Gasteiger partial charge >= 0.3 is 6.01 Å². The molecule has 0 aliphatic carbocycles. The number of nitrogens with zero attached hydrogens (tertiary/aromatic N) is 3. The second-order valence-electron chi connectivity index (χ2n) is 5.58. The average Bonchev–Trinajstić information content (AvgIpc) is 3.09. The van der Waals surface area contributed by atoms with Crippen LogP contribution in [0.1, 0.15) is 10.4 Å². The molecular weight excluding hydrogens is 412 g/mol. The van der Waals surface area contributed by atoms with Crippen molar-refractivity contribution in [3.63, 3.8) is 0 Å². The summed E-state index contributed by atoms with van der Waals surface area (Å²) >= 11 is 5.80. The first-order chi connectivity index (χ1) is 13.1. The van der Waals surface area contributed by atoms with Crippen molar-refractivity contribution >= 4 is 39.0 Å². The number of rotatable bonds is 5. The SMILES string of the molecule is CS(=O)(=O)c1ccc(-c2nnc(NC(=O)c3cc(Cl)ccc3[N+](=O)[O-])o2)cc1. The molecule has 3 rings (SSSR count). The predicted octanol–water partition coefficient (Wildman–Crippen LogP) is 2.95. The van der Waals surface area contributed by atoms with Crippen LogP contribution in [-0.2, 0) is 9.84 Å². The number of benzene rings is 2. The summed E-state index contributed by atoms with van der Waals surface area (Å²) in [5, 5.41) is 20.9. The second-order valence-corrected chi connectivity index (χ2v) is 8.03. The minimum Gasteiger partial charge on any atom is -0.403 e. The van der Waals surface area contributed by atoms with Gasteiger partial charge in [-0.25, -0.2) is 8.42 Å². The predicted molar refractivity (Wildman–Crippen MR) is 98.9 cm³/mol. The van der Waals surface area contributed by atoms with Gasteiger partial charge in [-0.3, -0.25) is 20.2 Å². The third-order valence-electron chi connectivity index (χ3n) is 3.57. The van der Waals surface area contributed by atoms with Crippen molar-refractivity contribution in [2.75, 3.05) is 11.6 Å². The lowest BCUT2D eigenvalue weighted by Gasteiger charge is -2.03. The normalized spacial score (nSPS) is 11.2. The lowest BCUT2D eigenvalue weighted by atomic mass is 10.1. The van der Waals surface area contributed by atoms with Gasteiger partial charge in [0.25, 0.3) is 11.6 Å². The Labute approximate surface area is 163 Å². The Bertz CT molecular complexity index is 1170. The van der Waals surface area contributed by atoms with Crippen molar-refractivity contribution in [3.05, 3.63) is 63.2 Å². The maximum Gasteiger partial charge on any atom is 0.322 e. The topological polar surface area (TPSA) is 145 Å². The van der Waals surface area contributed by atoms with Crippen LogP contribution in [0, 0.1) is 10.1 Å². The van der Waals surface area contributed by atoms with Crippen LogP contribution in [0.15, 0.2) is 51.8 Å². The van der Waals surface area contributed by atoms with Crippen LogP contribution in [0.2, 0.25) is 5.02 Å². The number of carbonyl (C=O) groups is 1. The Morgan fingerprint density at radius 2 is 1.86 bits per heavy atom. The maximum atomic E-state index is 12.3. The summed E-state index contributed by atoms with van der Waals surface area (Å²) in [7, 11) is -3.35. The Kier molecular flexibility index (Phi) is 5.12. The summed E-state index contributed by atoms with van der Waals surface area (Å²) in [6.07, 6.45) is 1.08. The first-order valence-corrected chi connectivity index (χ1v) is 9.81. The molecule has 0 aliphatic heterocycles. The number of sulfone groups is 1. The number of amides is 1. The molecule has 144 valence electrons. The van der Waals surface area contributed by atoms with E-state index in [-0.39, 0.29) is 27.4 Å². The zero-order valence-corrected chi connectivity index (χ0v) is 15.7. The van der Waals surface area contributed by atoms with Gasteiger partial charge in [-0.15, -0.1) is 5.10 Å². The van der Waals surface area contributed by atoms with Gasteiger partial charge in [-0.1, -0.05) is 16.7 Å². The molecule has 28 heavy (non-hydrogen) atoms. The van der Waals surface area contributed by atoms with Gasteiger partial charge in [0.1, 0.15) is 5.56 Å². The van der Waals surface area contributed by atoms with Crippen LogP contribution in [0.4, 0.5) is 11.7 Å². The number of nitrogens with one attached hydrogen (secondary N) is 1. The van der Waals surface area contributed by atoms with Crippen LogP contribution in [-0.4, -0.2) is 35.7 Å². The summed E-state index contributed by atoms with van der Waals surface area (Å²) < 4.78 is 28.3. The van der Waals surface area contributed by atoms with Gasteiger partial charge in [0.2, 0.25) is 5.89 Å². The molecule has 0 saturated carbocycles. The van der Waals surface area contributed by atoms with Crippen molar-refractivity contribution < 1.29 is 22.6 Å². The molecule has 1 amide bonds. The van der Waals surface area contributed by atoms with Gasteiger partial charge in [-0.05, 0) is 36.4 Å². The zero-order chi connectivity index (χ0) is 20.5. The van der Waals surface area contributed by atoms with E-state index >= 15 is 0 Å². The Hall–Kier alpha value is -3.31. The van der Waals surface area contributed by atoms with Crippen LogP contribution in [0.25, 0.3) is 11.5 Å². The lowest BCUT2D eigenvalue weighted by molar-refractivity contribution is -0.385. The van der Waals surface area contributed by atoms with Crippen molar-refractivity contribution in [1.29, 1.82) is 0 Å². The van der Waals surface area contributed by atoms with Crippen molar-refractivity contribution in [1.82, 2.24) is 10.2 Å². The van der Waals surface area contributed by atoms with E-state index in [1.165, 1.54) is 30.3 Å². The van der Waals surface area contributed by atoms with Gasteiger partial charge in [0.05, 0.1) is 9.82 Å². The fourth-order valence-corrected chi connectivity index (χ4v) is 3.05. The first-order valence-electron chi connectivity index (χ1n) is 7.54. The number of nitro groups is 1. The molecule has 0 atom stereocenters. The fraction of sp³-hybridized carbons (Fsp3) is 0.0625. The van der Waals surface area contributed by atoms with Crippen LogP contribution in [0.3, 0.4) is 0 Å². The molecule has 0 spiro atoms. The number of anilines is 1. The Morgan fingerprint density at radius 3 is 2.46 bits per heavy atom. The van der Waals surface area contributed by atoms with E-state index in [0.717, 1.165) is 18.4 Å². The van der Waals surface area contributed by atoms with E-state index in [9.17, 15) is 23.3 Å². The van der Waals surface area contributed by atoms with E-state index in [2.05, 4.69) is 15.5 Å². The molecule has 0 saturated heterocycles. The minimum atomic E-state index is -3.35. The molecule has 12 heteroatoms. The van der Waals surface area contributed by atoms with Gasteiger partial charge in [-0.2, -0.15) is 0 Å². The molecule has 1 heterocycles. The minimum absolute atomic E-state index is 0.0240. The number of carbonyl (C=O) groups excluding carboxylic acids is 1. The van der Waals surface area contributed by atoms with E-state index in [1.807, 2.05) is 0 Å². The number of hydrogen-bond donors (Lipinski definition) is 1. The molecule has 10 nitrogen and oxygen atoms in total. The first kappa shape index (κ1) is 19.5. The highest BCUT2D eigenvalue weighted by Gasteiger charge is 2.22. The van der Waals surface area contributed by atoms with Gasteiger partial charge in [0.15, 0.2) is 9.84 Å². The molecule has 1 aromatic heterocycles. The molecule has 0 unspecified atom stereocenters. The van der Waals surface area contributed by atoms with E-state index in [0.29, 0.717) is 5.56 Å². The highest BCUT2D eigenvalue weighted by Crippen LogP contribution is 2.25. The van der Waals surface area contributed by atoms with Gasteiger partial charge < -0.3 is 4.42 Å². The standard InChI is InChI=1S/C16H11ClN4O6S/c1-28(25,26)11-5-2-9(3-6-11)15-19-20-16(27-15)18-14(22)12-8-10(17)4-7-13(12)21(23)24/h2-8H,1H3,(H,18,20,22). The fourth-order valence-electron chi connectivity index (χ4n) is 2.25. The van der Waals surface area contributed by atoms with Crippen molar-refractivity contribution in [2.24, 2.45) is 0 Å². The smallest absolute Gasteiger partial charge is 0.322 e. The zero-order valence-electron chi connectivity index (χ0n) is 14.1. The molecule has 0 radical (unpaired) electrons. The van der Waals surface area contributed by atoms with E-state index in [1.54, 1.807) is 0 Å². The number of hydrogen-bond acceptors (Lipinski definition) is 8. The molecule has 0 fully saturated rings. The molecule has 0 aliphatic rings. The van der Waals surface area contributed by atoms with Crippen LogP contribution in [0.5, 0.6) is 0 Å². The van der Waals surface area contributed by atoms with Crippen molar-refractivity contribution in [2.45, 2.75) is 4.90 Å². The Morgan fingerprint density at radius 1 is 1.18 bits per heavy atom. The van der Waals surface area contributed by atoms with Crippen LogP contribution < -0.4 is 5.32 Å². The summed E-state index contributed by atoms with van der Waals surface area (Å²) in [6.45, 7) is 0. The van der Waals surface area contributed by atoms with Crippen LogP contribution >= 0.6 is 11.6 Å². The number of nitro benzene ring substituents is 1. The summed E-state index contributed by atoms with van der Waals surface area (Å²) in [5.74, 6) is -0.826. The summed E-state index contributed by atoms with van der Waals surface area (Å²) in [4.78, 5) is 22.8. The average molecular weight is 423 g/mol. The molecule has 1 N–H and O–H groups in total. The third kappa shape index (κ3) is 4.15. The lowest BCUT2D eigenvalue weighted by Crippen LogP contribution is -2.14. The maximum absolute atomic E-state index is 12.3. The Balaban J connectivity index is 1.83.